The molecule has 8 heteroatoms. The van der Waals surface area contributed by atoms with Crippen LogP contribution >= 0.6 is 23.2 Å². The van der Waals surface area contributed by atoms with Crippen LogP contribution < -0.4 is 0 Å². The molecule has 2 N–H and O–H groups in total. The number of nitrogens with zero attached hydrogens (tertiary/aromatic N) is 2. The van der Waals surface area contributed by atoms with Crippen molar-refractivity contribution in [2.75, 3.05) is 0 Å². The van der Waals surface area contributed by atoms with Gasteiger partial charge in [-0.1, -0.05) is 17.7 Å². The van der Waals surface area contributed by atoms with Crippen molar-refractivity contribution in [3.63, 3.8) is 0 Å². The molecule has 0 saturated carbocycles. The fourth-order valence-electron chi connectivity index (χ4n) is 1.96. The first kappa shape index (κ1) is 15.2. The van der Waals surface area contributed by atoms with Crippen molar-refractivity contribution < 1.29 is 19.8 Å². The standard InChI is InChI=1S/C13H8Cl2N2O4/c1-5-6(11(18)19)2-3-7(10(5)12(20)21)8-4-9(14)17-13(15)16-8/h2-4H,1H3,(H,18,19)(H,20,21). The van der Waals surface area contributed by atoms with E-state index in [2.05, 4.69) is 9.97 Å². The zero-order valence-corrected chi connectivity index (χ0v) is 12.1. The van der Waals surface area contributed by atoms with Crippen LogP contribution in [-0.2, 0) is 0 Å². The minimum atomic E-state index is -1.27. The monoisotopic (exact) mass is 326 g/mol. The zero-order chi connectivity index (χ0) is 15.7. The second-order valence-corrected chi connectivity index (χ2v) is 4.84. The normalized spacial score (nSPS) is 10.4. The summed E-state index contributed by atoms with van der Waals surface area (Å²) >= 11 is 11.5. The second kappa shape index (κ2) is 5.67. The third kappa shape index (κ3) is 2.96. The SMILES string of the molecule is Cc1c(C(=O)O)ccc(-c2cc(Cl)nc(Cl)n2)c1C(=O)O. The zero-order valence-electron chi connectivity index (χ0n) is 10.6. The van der Waals surface area contributed by atoms with E-state index in [9.17, 15) is 14.7 Å². The number of carboxylic acid groups (broad SMARTS) is 2. The van der Waals surface area contributed by atoms with Gasteiger partial charge in [-0.25, -0.2) is 19.6 Å². The molecule has 0 aliphatic carbocycles. The van der Waals surface area contributed by atoms with Crippen molar-refractivity contribution in [3.8, 4) is 11.3 Å². The van der Waals surface area contributed by atoms with Crippen LogP contribution in [0.1, 0.15) is 26.3 Å². The number of carboxylic acids is 2. The molecule has 0 atom stereocenters. The van der Waals surface area contributed by atoms with Gasteiger partial charge in [-0.05, 0) is 30.2 Å². The van der Waals surface area contributed by atoms with Crippen molar-refractivity contribution in [2.45, 2.75) is 6.92 Å². The number of benzene rings is 1. The number of hydrogen-bond acceptors (Lipinski definition) is 4. The van der Waals surface area contributed by atoms with Crippen LogP contribution in [0.4, 0.5) is 0 Å². The Balaban J connectivity index is 2.77. The molecule has 0 saturated heterocycles. The molecule has 21 heavy (non-hydrogen) atoms. The number of halogens is 2. The van der Waals surface area contributed by atoms with Gasteiger partial charge in [0.15, 0.2) is 0 Å². The van der Waals surface area contributed by atoms with E-state index < -0.39 is 11.9 Å². The second-order valence-electron chi connectivity index (χ2n) is 4.12. The number of hydrogen-bond donors (Lipinski definition) is 2. The van der Waals surface area contributed by atoms with E-state index in [1.807, 2.05) is 0 Å². The summed E-state index contributed by atoms with van der Waals surface area (Å²) < 4.78 is 0. The summed E-state index contributed by atoms with van der Waals surface area (Å²) in [6, 6.07) is 4.02. The van der Waals surface area contributed by atoms with Crippen molar-refractivity contribution in [2.24, 2.45) is 0 Å². The molecule has 2 aromatic rings. The molecule has 0 radical (unpaired) electrons. The Kier molecular flexibility index (Phi) is 4.11. The summed E-state index contributed by atoms with van der Waals surface area (Å²) in [7, 11) is 0. The molecule has 1 aromatic heterocycles. The van der Waals surface area contributed by atoms with Crippen LogP contribution in [-0.4, -0.2) is 32.1 Å². The molecular formula is C13H8Cl2N2O4. The Morgan fingerprint density at radius 1 is 1.10 bits per heavy atom. The number of carbonyl (C=O) groups is 2. The smallest absolute Gasteiger partial charge is 0.336 e. The Labute approximate surface area is 129 Å². The van der Waals surface area contributed by atoms with Gasteiger partial charge in [0.1, 0.15) is 5.15 Å². The molecule has 0 unspecified atom stereocenters. The summed E-state index contributed by atoms with van der Waals surface area (Å²) in [6.45, 7) is 1.42. The molecule has 2 rings (SSSR count). The fourth-order valence-corrected chi connectivity index (χ4v) is 2.37. The van der Waals surface area contributed by atoms with Crippen LogP contribution in [0.15, 0.2) is 18.2 Å². The van der Waals surface area contributed by atoms with Crippen molar-refractivity contribution >= 4 is 35.1 Å². The topological polar surface area (TPSA) is 100 Å². The van der Waals surface area contributed by atoms with E-state index in [1.54, 1.807) is 0 Å². The van der Waals surface area contributed by atoms with E-state index in [-0.39, 0.29) is 38.4 Å². The lowest BCUT2D eigenvalue weighted by molar-refractivity contribution is 0.0696. The minimum absolute atomic E-state index is 0.0568. The lowest BCUT2D eigenvalue weighted by Crippen LogP contribution is -2.09. The third-order valence-corrected chi connectivity index (χ3v) is 3.22. The first-order chi connectivity index (χ1) is 9.81. The van der Waals surface area contributed by atoms with Crippen molar-refractivity contribution in [1.29, 1.82) is 0 Å². The average Bonchev–Trinajstić information content (AvgIpc) is 2.36. The van der Waals surface area contributed by atoms with Crippen LogP contribution in [0.25, 0.3) is 11.3 Å². The third-order valence-electron chi connectivity index (χ3n) is 2.85. The highest BCUT2D eigenvalue weighted by atomic mass is 35.5. The molecular weight excluding hydrogens is 319 g/mol. The van der Waals surface area contributed by atoms with Crippen molar-refractivity contribution in [3.05, 3.63) is 45.3 Å². The number of aromatic carboxylic acids is 2. The highest BCUT2D eigenvalue weighted by Gasteiger charge is 2.21. The minimum Gasteiger partial charge on any atom is -0.478 e. The lowest BCUT2D eigenvalue weighted by Gasteiger charge is -2.11. The summed E-state index contributed by atoms with van der Waals surface area (Å²) in [5.41, 5.74) is 0.287. The van der Waals surface area contributed by atoms with E-state index >= 15 is 0 Å². The Morgan fingerprint density at radius 2 is 1.76 bits per heavy atom. The molecule has 6 nitrogen and oxygen atoms in total. The van der Waals surface area contributed by atoms with Gasteiger partial charge in [0.05, 0.1) is 16.8 Å². The Hall–Kier alpha value is -2.18. The van der Waals surface area contributed by atoms with Crippen molar-refractivity contribution in [1.82, 2.24) is 9.97 Å². The first-order valence-electron chi connectivity index (χ1n) is 5.62. The van der Waals surface area contributed by atoms with Gasteiger partial charge in [-0.2, -0.15) is 0 Å². The molecule has 0 amide bonds. The maximum absolute atomic E-state index is 11.5. The summed E-state index contributed by atoms with van der Waals surface area (Å²) in [5.74, 6) is -2.48. The molecule has 108 valence electrons. The molecule has 0 aliphatic heterocycles. The quantitative estimate of drug-likeness (QED) is 0.663. The summed E-state index contributed by atoms with van der Waals surface area (Å²) in [6.07, 6.45) is 0. The number of rotatable bonds is 3. The Bertz CT molecular complexity index is 742. The van der Waals surface area contributed by atoms with Gasteiger partial charge >= 0.3 is 11.9 Å². The molecule has 1 aromatic carbocycles. The predicted octanol–water partition coefficient (Wildman–Crippen LogP) is 3.16. The van der Waals surface area contributed by atoms with Crippen LogP contribution in [0.2, 0.25) is 10.4 Å². The summed E-state index contributed by atoms with van der Waals surface area (Å²) in [5, 5.41) is 18.3. The molecule has 0 bridgehead atoms. The molecule has 1 heterocycles. The molecule has 0 aliphatic rings. The largest absolute Gasteiger partial charge is 0.478 e. The van der Waals surface area contributed by atoms with Gasteiger partial charge < -0.3 is 10.2 Å². The van der Waals surface area contributed by atoms with Gasteiger partial charge in [-0.3, -0.25) is 0 Å². The maximum atomic E-state index is 11.5. The van der Waals surface area contributed by atoms with Gasteiger partial charge in [-0.15, -0.1) is 0 Å². The van der Waals surface area contributed by atoms with Gasteiger partial charge in [0.25, 0.3) is 0 Å². The number of aromatic nitrogens is 2. The van der Waals surface area contributed by atoms with E-state index in [0.29, 0.717) is 0 Å². The summed E-state index contributed by atoms with van der Waals surface area (Å²) in [4.78, 5) is 30.2. The van der Waals surface area contributed by atoms with E-state index in [1.165, 1.54) is 25.1 Å². The average molecular weight is 327 g/mol. The maximum Gasteiger partial charge on any atom is 0.336 e. The Morgan fingerprint density at radius 3 is 2.29 bits per heavy atom. The first-order valence-corrected chi connectivity index (χ1v) is 6.37. The van der Waals surface area contributed by atoms with Crippen LogP contribution in [0.5, 0.6) is 0 Å². The lowest BCUT2D eigenvalue weighted by atomic mass is 9.95. The molecule has 0 spiro atoms. The highest BCUT2D eigenvalue weighted by molar-refractivity contribution is 6.32. The van der Waals surface area contributed by atoms with E-state index in [0.717, 1.165) is 0 Å². The fraction of sp³-hybridized carbons (Fsp3) is 0.0769. The van der Waals surface area contributed by atoms with E-state index in [4.69, 9.17) is 28.3 Å². The predicted molar refractivity (Wildman–Crippen MR) is 76.1 cm³/mol. The van der Waals surface area contributed by atoms with Gasteiger partial charge in [0.2, 0.25) is 5.28 Å². The van der Waals surface area contributed by atoms with Crippen LogP contribution in [0, 0.1) is 6.92 Å². The van der Waals surface area contributed by atoms with Crippen LogP contribution in [0.3, 0.4) is 0 Å². The van der Waals surface area contributed by atoms with Gasteiger partial charge in [0, 0.05) is 11.6 Å². The molecule has 0 fully saturated rings. The highest BCUT2D eigenvalue weighted by Crippen LogP contribution is 2.29.